The number of aliphatic hydroxyl groups is 1. The molecule has 4 N–H and O–H groups in total. The zero-order valence-electron chi connectivity index (χ0n) is 11.0. The predicted octanol–water partition coefficient (Wildman–Crippen LogP) is 0.758. The van der Waals surface area contributed by atoms with Crippen LogP contribution in [-0.2, 0) is 11.4 Å². The molecule has 1 rings (SSSR count). The summed E-state index contributed by atoms with van der Waals surface area (Å²) in [5, 5.41) is 17.9. The zero-order chi connectivity index (χ0) is 14.5. The highest BCUT2D eigenvalue weighted by atomic mass is 16.5. The predicted molar refractivity (Wildman–Crippen MR) is 69.3 cm³/mol. The van der Waals surface area contributed by atoms with Crippen LogP contribution in [-0.4, -0.2) is 35.4 Å². The van der Waals surface area contributed by atoms with E-state index in [1.807, 2.05) is 0 Å². The Balaban J connectivity index is 2.65. The van der Waals surface area contributed by atoms with E-state index >= 15 is 0 Å². The molecule has 0 aliphatic heterocycles. The second kappa shape index (κ2) is 6.40. The molecule has 6 nitrogen and oxygen atoms in total. The molecule has 0 bridgehead atoms. The van der Waals surface area contributed by atoms with Gasteiger partial charge in [-0.1, -0.05) is 6.07 Å². The number of methoxy groups -OCH3 is 1. The second-order valence-corrected chi connectivity index (χ2v) is 4.46. The minimum atomic E-state index is -1.32. The topological polar surface area (TPSA) is 102 Å². The highest BCUT2D eigenvalue weighted by molar-refractivity contribution is 5.77. The fourth-order valence-corrected chi connectivity index (χ4v) is 1.41. The van der Waals surface area contributed by atoms with Crippen molar-refractivity contribution in [3.8, 4) is 11.5 Å². The third-order valence-electron chi connectivity index (χ3n) is 2.78. The number of carboxylic acid groups (broad SMARTS) is 1. The van der Waals surface area contributed by atoms with Gasteiger partial charge < -0.3 is 25.4 Å². The number of carboxylic acids is 1. The van der Waals surface area contributed by atoms with Crippen LogP contribution >= 0.6 is 0 Å². The Morgan fingerprint density at radius 2 is 2.11 bits per heavy atom. The van der Waals surface area contributed by atoms with Gasteiger partial charge in [-0.2, -0.15) is 0 Å². The molecule has 0 saturated carbocycles. The van der Waals surface area contributed by atoms with Gasteiger partial charge in [-0.25, -0.2) is 0 Å². The summed E-state index contributed by atoms with van der Waals surface area (Å²) in [6.07, 6.45) is 0.174. The van der Waals surface area contributed by atoms with E-state index in [1.54, 1.807) is 18.2 Å². The largest absolute Gasteiger partial charge is 0.493 e. The molecule has 1 aromatic rings. The molecule has 0 fully saturated rings. The Bertz CT molecular complexity index is 445. The first-order valence-electron chi connectivity index (χ1n) is 5.83. The normalized spacial score (nSPS) is 13.7. The first-order chi connectivity index (χ1) is 8.90. The van der Waals surface area contributed by atoms with E-state index in [2.05, 4.69) is 0 Å². The minimum absolute atomic E-state index is 0.0868. The summed E-state index contributed by atoms with van der Waals surface area (Å²) in [4.78, 5) is 10.8. The molecule has 0 saturated heterocycles. The van der Waals surface area contributed by atoms with Gasteiger partial charge in [0.15, 0.2) is 11.5 Å². The van der Waals surface area contributed by atoms with Gasteiger partial charge in [-0.15, -0.1) is 0 Å². The number of hydrogen-bond donors (Lipinski definition) is 3. The maximum atomic E-state index is 10.8. The summed E-state index contributed by atoms with van der Waals surface area (Å²) in [5.41, 5.74) is 4.98. The first kappa shape index (κ1) is 15.3. The quantitative estimate of drug-likeness (QED) is 0.675. The van der Waals surface area contributed by atoms with Gasteiger partial charge >= 0.3 is 5.97 Å². The van der Waals surface area contributed by atoms with E-state index in [1.165, 1.54) is 14.0 Å². The zero-order valence-corrected chi connectivity index (χ0v) is 11.0. The van der Waals surface area contributed by atoms with Gasteiger partial charge in [-0.05, 0) is 24.6 Å². The monoisotopic (exact) mass is 269 g/mol. The van der Waals surface area contributed by atoms with Crippen LogP contribution < -0.4 is 15.2 Å². The fourth-order valence-electron chi connectivity index (χ4n) is 1.41. The molecule has 0 spiro atoms. The Labute approximate surface area is 111 Å². The Kier molecular flexibility index (Phi) is 5.14. The van der Waals surface area contributed by atoms with Crippen LogP contribution in [0.1, 0.15) is 18.9 Å². The van der Waals surface area contributed by atoms with Gasteiger partial charge in [0.05, 0.1) is 20.3 Å². The molecule has 1 aromatic carbocycles. The van der Waals surface area contributed by atoms with Gasteiger partial charge in [-0.3, -0.25) is 4.79 Å². The lowest BCUT2D eigenvalue weighted by Gasteiger charge is -2.19. The standard InChI is InChI=1S/C13H19NO5/c1-13(14,12(16)17)5-6-19-10-4-3-9(8-15)7-11(10)18-2/h3-4,7,15H,5-6,8,14H2,1-2H3,(H,16,17). The van der Waals surface area contributed by atoms with Gasteiger partial charge in [0.2, 0.25) is 0 Å². The van der Waals surface area contributed by atoms with E-state index < -0.39 is 11.5 Å². The molecule has 1 unspecified atom stereocenters. The molecular formula is C13H19NO5. The summed E-state index contributed by atoms with van der Waals surface area (Å²) in [6.45, 7) is 1.51. The molecule has 0 heterocycles. The van der Waals surface area contributed by atoms with E-state index in [-0.39, 0.29) is 19.6 Å². The van der Waals surface area contributed by atoms with Gasteiger partial charge in [0, 0.05) is 6.42 Å². The average molecular weight is 269 g/mol. The molecule has 0 aliphatic carbocycles. The fraction of sp³-hybridized carbons (Fsp3) is 0.462. The molecule has 106 valence electrons. The van der Waals surface area contributed by atoms with Crippen molar-refractivity contribution < 1.29 is 24.5 Å². The van der Waals surface area contributed by atoms with Crippen molar-refractivity contribution in [1.82, 2.24) is 0 Å². The molecular weight excluding hydrogens is 250 g/mol. The maximum Gasteiger partial charge on any atom is 0.323 e. The molecule has 0 aliphatic rings. The Morgan fingerprint density at radius 1 is 1.42 bits per heavy atom. The lowest BCUT2D eigenvalue weighted by Crippen LogP contribution is -2.45. The van der Waals surface area contributed by atoms with Crippen molar-refractivity contribution in [2.75, 3.05) is 13.7 Å². The van der Waals surface area contributed by atoms with E-state index in [9.17, 15) is 4.79 Å². The number of nitrogens with two attached hydrogens (primary N) is 1. The second-order valence-electron chi connectivity index (χ2n) is 4.46. The minimum Gasteiger partial charge on any atom is -0.493 e. The molecule has 19 heavy (non-hydrogen) atoms. The highest BCUT2D eigenvalue weighted by Crippen LogP contribution is 2.28. The first-order valence-corrected chi connectivity index (χ1v) is 5.83. The van der Waals surface area contributed by atoms with E-state index in [0.717, 1.165) is 0 Å². The average Bonchev–Trinajstić information content (AvgIpc) is 2.38. The lowest BCUT2D eigenvalue weighted by molar-refractivity contribution is -0.143. The summed E-state index contributed by atoms with van der Waals surface area (Å²) in [5.74, 6) is -0.0971. The molecule has 0 aromatic heterocycles. The van der Waals surface area contributed by atoms with Crippen LogP contribution in [0.25, 0.3) is 0 Å². The summed E-state index contributed by atoms with van der Waals surface area (Å²) in [6, 6.07) is 5.03. The van der Waals surface area contributed by atoms with Crippen molar-refractivity contribution in [2.45, 2.75) is 25.5 Å². The van der Waals surface area contributed by atoms with Crippen molar-refractivity contribution in [3.05, 3.63) is 23.8 Å². The van der Waals surface area contributed by atoms with Crippen molar-refractivity contribution >= 4 is 5.97 Å². The van der Waals surface area contributed by atoms with Gasteiger partial charge in [0.25, 0.3) is 0 Å². The SMILES string of the molecule is COc1cc(CO)ccc1OCCC(C)(N)C(=O)O. The molecule has 1 atom stereocenters. The molecule has 0 amide bonds. The van der Waals surface area contributed by atoms with Crippen LogP contribution in [0.4, 0.5) is 0 Å². The molecule has 0 radical (unpaired) electrons. The number of benzene rings is 1. The van der Waals surface area contributed by atoms with Crippen molar-refractivity contribution in [1.29, 1.82) is 0 Å². The van der Waals surface area contributed by atoms with Crippen LogP contribution in [0.15, 0.2) is 18.2 Å². The maximum absolute atomic E-state index is 10.8. The number of aliphatic hydroxyl groups excluding tert-OH is 1. The number of carbonyl (C=O) groups is 1. The number of aliphatic carboxylic acids is 1. The number of hydrogen-bond acceptors (Lipinski definition) is 5. The number of ether oxygens (including phenoxy) is 2. The third-order valence-corrected chi connectivity index (χ3v) is 2.78. The van der Waals surface area contributed by atoms with Crippen LogP contribution in [0, 0.1) is 0 Å². The van der Waals surface area contributed by atoms with Crippen molar-refractivity contribution in [3.63, 3.8) is 0 Å². The molecule has 6 heteroatoms. The Morgan fingerprint density at radius 3 is 2.63 bits per heavy atom. The lowest BCUT2D eigenvalue weighted by atomic mass is 10.0. The van der Waals surface area contributed by atoms with Crippen LogP contribution in [0.5, 0.6) is 11.5 Å². The highest BCUT2D eigenvalue weighted by Gasteiger charge is 2.27. The number of rotatable bonds is 7. The van der Waals surface area contributed by atoms with Crippen LogP contribution in [0.3, 0.4) is 0 Å². The Hall–Kier alpha value is -1.79. The summed E-state index contributed by atoms with van der Waals surface area (Å²) in [7, 11) is 1.49. The van der Waals surface area contributed by atoms with Gasteiger partial charge in [0.1, 0.15) is 5.54 Å². The smallest absolute Gasteiger partial charge is 0.323 e. The van der Waals surface area contributed by atoms with Crippen LogP contribution in [0.2, 0.25) is 0 Å². The van der Waals surface area contributed by atoms with Crippen molar-refractivity contribution in [2.24, 2.45) is 5.73 Å². The van der Waals surface area contributed by atoms with E-state index in [0.29, 0.717) is 17.1 Å². The summed E-state index contributed by atoms with van der Waals surface area (Å²) >= 11 is 0. The van der Waals surface area contributed by atoms with E-state index in [4.69, 9.17) is 25.4 Å². The third kappa shape index (κ3) is 4.11. The summed E-state index contributed by atoms with van der Waals surface area (Å²) < 4.78 is 10.6.